The van der Waals surface area contributed by atoms with Crippen molar-refractivity contribution in [1.82, 2.24) is 0 Å². The first-order valence-corrected chi connectivity index (χ1v) is 24.1. The van der Waals surface area contributed by atoms with Crippen LogP contribution in [-0.2, 0) is 80.8 Å². The molecule has 0 amide bonds. The van der Waals surface area contributed by atoms with Gasteiger partial charge in [-0.1, -0.05) is 30.4 Å². The smallest absolute Gasteiger partial charge is 0.333 e. The van der Waals surface area contributed by atoms with Gasteiger partial charge in [-0.05, 0) is 69.2 Å². The van der Waals surface area contributed by atoms with Crippen molar-refractivity contribution < 1.29 is 127 Å². The molecule has 4 aliphatic rings. The molecule has 4 saturated heterocycles. The van der Waals surface area contributed by atoms with Gasteiger partial charge in [-0.25, -0.2) is 24.0 Å². The number of esters is 5. The van der Waals surface area contributed by atoms with Crippen LogP contribution in [0, 0.1) is 0 Å². The number of allylic oxidation sites excluding steroid dienone is 5. The van der Waals surface area contributed by atoms with Gasteiger partial charge in [0, 0.05) is 27.9 Å². The first kappa shape index (κ1) is 62.9. The molecule has 26 heteroatoms. The molecule has 20 atom stereocenters. The van der Waals surface area contributed by atoms with Gasteiger partial charge in [-0.2, -0.15) is 0 Å². The monoisotopic (exact) mass is 1080 g/mol. The molecular formula is C49H72O26. The molecule has 0 bridgehead atoms. The van der Waals surface area contributed by atoms with E-state index in [0.29, 0.717) is 0 Å². The zero-order valence-corrected chi connectivity index (χ0v) is 43.2. The zero-order valence-electron chi connectivity index (χ0n) is 43.2. The van der Waals surface area contributed by atoms with Gasteiger partial charge in [0.05, 0.1) is 13.2 Å². The van der Waals surface area contributed by atoms with Crippen LogP contribution in [0.3, 0.4) is 0 Å². The molecule has 26 nitrogen and oxygen atoms in total. The van der Waals surface area contributed by atoms with Crippen LogP contribution >= 0.6 is 0 Å². The summed E-state index contributed by atoms with van der Waals surface area (Å²) in [4.78, 5) is 64.3. The highest BCUT2D eigenvalue weighted by atomic mass is 16.8. The van der Waals surface area contributed by atoms with E-state index in [1.54, 1.807) is 27.7 Å². The fourth-order valence-corrected chi connectivity index (χ4v) is 7.61. The third-order valence-electron chi connectivity index (χ3n) is 13.0. The van der Waals surface area contributed by atoms with Crippen LogP contribution in [0.2, 0.25) is 0 Å². The normalized spacial score (nSPS) is 37.3. The summed E-state index contributed by atoms with van der Waals surface area (Å²) in [6, 6.07) is 0. The minimum atomic E-state index is -2.21. The predicted molar refractivity (Wildman–Crippen MR) is 250 cm³/mol. The molecule has 0 aromatic heterocycles. The van der Waals surface area contributed by atoms with Crippen molar-refractivity contribution in [3.8, 4) is 0 Å². The maximum absolute atomic E-state index is 13.1. The van der Waals surface area contributed by atoms with Crippen molar-refractivity contribution in [1.29, 1.82) is 0 Å². The molecule has 75 heavy (non-hydrogen) atoms. The Morgan fingerprint density at radius 3 is 1.00 bits per heavy atom. The number of aliphatic hydroxyl groups is 9. The molecule has 4 heterocycles. The lowest BCUT2D eigenvalue weighted by molar-refractivity contribution is -0.400. The van der Waals surface area contributed by atoms with E-state index in [1.165, 1.54) is 71.9 Å². The van der Waals surface area contributed by atoms with E-state index in [2.05, 4.69) is 0 Å². The molecule has 4 aliphatic heterocycles. The highest BCUT2D eigenvalue weighted by Crippen LogP contribution is 2.36. The van der Waals surface area contributed by atoms with Gasteiger partial charge in [-0.3, -0.25) is 0 Å². The van der Waals surface area contributed by atoms with Crippen molar-refractivity contribution in [2.75, 3.05) is 26.4 Å². The Balaban J connectivity index is 1.66. The second-order valence-electron chi connectivity index (χ2n) is 18.0. The van der Waals surface area contributed by atoms with Crippen LogP contribution in [0.1, 0.15) is 69.2 Å². The Morgan fingerprint density at radius 2 is 0.640 bits per heavy atom. The van der Waals surface area contributed by atoms with Crippen molar-refractivity contribution in [2.45, 2.75) is 192 Å². The number of hydrogen-bond donors (Lipinski definition) is 9. The Kier molecular flexibility index (Phi) is 24.1. The van der Waals surface area contributed by atoms with E-state index in [4.69, 9.17) is 56.8 Å². The van der Waals surface area contributed by atoms with Crippen LogP contribution in [0.15, 0.2) is 58.2 Å². The molecule has 0 radical (unpaired) electrons. The molecule has 0 saturated carbocycles. The van der Waals surface area contributed by atoms with Crippen molar-refractivity contribution in [2.24, 2.45) is 0 Å². The Morgan fingerprint density at radius 1 is 0.360 bits per heavy atom. The second kappa shape index (κ2) is 28.7. The van der Waals surface area contributed by atoms with Crippen LogP contribution < -0.4 is 0 Å². The number of aliphatic hydroxyl groups excluding tert-OH is 9. The minimum absolute atomic E-state index is 0.0754. The molecule has 4 fully saturated rings. The van der Waals surface area contributed by atoms with Gasteiger partial charge in [0.2, 0.25) is 0 Å². The number of hydrogen-bond acceptors (Lipinski definition) is 26. The molecule has 4 rings (SSSR count). The lowest BCUT2D eigenvalue weighted by atomic mass is 9.96. The third kappa shape index (κ3) is 15.3. The third-order valence-corrected chi connectivity index (χ3v) is 13.0. The first-order valence-electron chi connectivity index (χ1n) is 24.1. The number of rotatable bonds is 20. The zero-order chi connectivity index (χ0) is 56.2. The highest BCUT2D eigenvalue weighted by molar-refractivity contribution is 5.89. The van der Waals surface area contributed by atoms with E-state index in [-0.39, 0.29) is 27.9 Å². The second-order valence-corrected chi connectivity index (χ2v) is 18.0. The van der Waals surface area contributed by atoms with Crippen molar-refractivity contribution >= 4 is 29.8 Å². The summed E-state index contributed by atoms with van der Waals surface area (Å²) in [5.74, 6) is -4.52. The summed E-state index contributed by atoms with van der Waals surface area (Å²) >= 11 is 0. The van der Waals surface area contributed by atoms with Gasteiger partial charge in [-0.15, -0.1) is 0 Å². The van der Waals surface area contributed by atoms with E-state index in [0.717, 1.165) is 0 Å². The molecule has 9 N–H and O–H groups in total. The molecule has 424 valence electrons. The van der Waals surface area contributed by atoms with E-state index in [9.17, 15) is 69.9 Å². The summed E-state index contributed by atoms with van der Waals surface area (Å²) in [5, 5.41) is 101. The predicted octanol–water partition coefficient (Wildman–Crippen LogP) is -2.16. The van der Waals surface area contributed by atoms with Crippen LogP contribution in [0.5, 0.6) is 0 Å². The standard InChI is InChI=1S/C49H72O26/c1-11-20(6)41(59)64-18-27-37(73-46-32(55)29(52)36(25(16-50)66-46)70-43(61)22(8)13-3)30(53)33(56)47(68-27)75-48-34(57)31(54)38(28(69-48)19-65-42(60)21(7)12-2)74-49-35(58)40(72-45(63)24(10)15-5)39(26(17-51)67-49)71-44(62)23(9)14-4/h11-15,25-40,46-58H,16-19H2,1-10H3. The Labute approximate surface area is 432 Å². The molecule has 0 spiro atoms. The molecule has 0 aliphatic carbocycles. The van der Waals surface area contributed by atoms with Crippen molar-refractivity contribution in [3.05, 3.63) is 58.2 Å². The van der Waals surface area contributed by atoms with Gasteiger partial charge in [0.1, 0.15) is 92.6 Å². The lowest BCUT2D eigenvalue weighted by Crippen LogP contribution is -2.67. The summed E-state index contributed by atoms with van der Waals surface area (Å²) in [6.45, 7) is 11.5. The minimum Gasteiger partial charge on any atom is -0.459 e. The topological polar surface area (TPSA) is 378 Å². The number of ether oxygens (including phenoxy) is 12. The number of carbonyl (C=O) groups is 5. The van der Waals surface area contributed by atoms with Crippen LogP contribution in [-0.4, -0.2) is 225 Å². The summed E-state index contributed by atoms with van der Waals surface area (Å²) < 4.78 is 68.4. The fourth-order valence-electron chi connectivity index (χ4n) is 7.61. The summed E-state index contributed by atoms with van der Waals surface area (Å²) in [5.41, 5.74) is 0.579. The SMILES string of the molecule is CC=C(C)C(=O)OCC1OC(OC2OC(COC(=O)C(C)=CC)C(OC3OC(CO)C(OC(=O)C(C)=CC)C(OC(=O)C(C)=CC)C3O)C(O)C2O)C(O)C(O)C1OC1OC(CO)C(OC(=O)C(C)=CC)C(O)C1O. The van der Waals surface area contributed by atoms with Crippen molar-refractivity contribution in [3.63, 3.8) is 0 Å². The van der Waals surface area contributed by atoms with Gasteiger partial charge in [0.15, 0.2) is 43.5 Å². The largest absolute Gasteiger partial charge is 0.459 e. The molecular weight excluding hydrogens is 1000 g/mol. The van der Waals surface area contributed by atoms with Gasteiger partial charge < -0.3 is 103 Å². The average Bonchev–Trinajstić information content (AvgIpc) is 3.41. The van der Waals surface area contributed by atoms with E-state index < -0.39 is 179 Å². The number of carbonyl (C=O) groups excluding carboxylic acids is 5. The fraction of sp³-hybridized carbons (Fsp3) is 0.694. The van der Waals surface area contributed by atoms with Gasteiger partial charge in [0.25, 0.3) is 0 Å². The lowest BCUT2D eigenvalue weighted by Gasteiger charge is -2.49. The quantitative estimate of drug-likeness (QED) is 0.0356. The van der Waals surface area contributed by atoms with Gasteiger partial charge >= 0.3 is 29.8 Å². The molecule has 0 aromatic carbocycles. The average molecular weight is 1080 g/mol. The van der Waals surface area contributed by atoms with Crippen LogP contribution in [0.4, 0.5) is 0 Å². The Hall–Kier alpha value is -4.59. The maximum atomic E-state index is 13.1. The molecule has 0 aromatic rings. The van der Waals surface area contributed by atoms with E-state index in [1.807, 2.05) is 0 Å². The van der Waals surface area contributed by atoms with E-state index >= 15 is 0 Å². The highest BCUT2D eigenvalue weighted by Gasteiger charge is 2.57. The van der Waals surface area contributed by atoms with Crippen LogP contribution in [0.25, 0.3) is 0 Å². The molecule has 20 unspecified atom stereocenters. The Bertz CT molecular complexity index is 2120. The summed E-state index contributed by atoms with van der Waals surface area (Å²) in [7, 11) is 0. The first-order chi connectivity index (χ1) is 35.4. The summed E-state index contributed by atoms with van der Waals surface area (Å²) in [6.07, 6.45) is -31.0. The maximum Gasteiger partial charge on any atom is 0.333 e.